The van der Waals surface area contributed by atoms with E-state index in [0.29, 0.717) is 0 Å². The molecule has 0 aromatic heterocycles. The van der Waals surface area contributed by atoms with E-state index in [1.54, 1.807) is 7.11 Å². The van der Waals surface area contributed by atoms with Crippen LogP contribution in [-0.2, 0) is 16.6 Å². The van der Waals surface area contributed by atoms with Gasteiger partial charge in [-0.15, -0.1) is 0 Å². The van der Waals surface area contributed by atoms with Crippen molar-refractivity contribution in [2.24, 2.45) is 0 Å². The largest absolute Gasteiger partial charge is 0.497 e. The van der Waals surface area contributed by atoms with Crippen LogP contribution in [0.15, 0.2) is 72.8 Å². The molecule has 0 saturated carbocycles. The topological polar surface area (TPSA) is 44.8 Å². The number of methoxy groups -OCH3 is 1. The SMILES string of the molecule is CCc1ccc2c(c1)NC(=O)C2(CCN1CCN(c2ccc(OC)cc2)CC1)c1ccccc1. The van der Waals surface area contributed by atoms with Gasteiger partial charge in [-0.1, -0.05) is 49.4 Å². The van der Waals surface area contributed by atoms with Crippen LogP contribution in [0, 0.1) is 0 Å². The maximum absolute atomic E-state index is 13.6. The van der Waals surface area contributed by atoms with Gasteiger partial charge in [0.15, 0.2) is 0 Å². The predicted octanol–water partition coefficient (Wildman–Crippen LogP) is 4.71. The lowest BCUT2D eigenvalue weighted by Gasteiger charge is -2.38. The van der Waals surface area contributed by atoms with E-state index in [-0.39, 0.29) is 5.91 Å². The molecule has 1 saturated heterocycles. The zero-order valence-corrected chi connectivity index (χ0v) is 20.1. The molecule has 1 unspecified atom stereocenters. The van der Waals surface area contributed by atoms with Crippen LogP contribution in [0.5, 0.6) is 5.75 Å². The summed E-state index contributed by atoms with van der Waals surface area (Å²) in [6.07, 6.45) is 1.73. The van der Waals surface area contributed by atoms with E-state index in [1.807, 2.05) is 30.3 Å². The predicted molar refractivity (Wildman–Crippen MR) is 138 cm³/mol. The number of hydrogen-bond acceptors (Lipinski definition) is 4. The van der Waals surface area contributed by atoms with E-state index in [2.05, 4.69) is 64.5 Å². The number of benzene rings is 3. The Morgan fingerprint density at radius 1 is 0.941 bits per heavy atom. The van der Waals surface area contributed by atoms with E-state index >= 15 is 0 Å². The van der Waals surface area contributed by atoms with E-state index in [1.165, 1.54) is 11.3 Å². The summed E-state index contributed by atoms with van der Waals surface area (Å²) in [6, 6.07) is 25.1. The van der Waals surface area contributed by atoms with E-state index < -0.39 is 5.41 Å². The molecule has 2 heterocycles. The maximum Gasteiger partial charge on any atom is 0.239 e. The number of piperazine rings is 1. The molecule has 5 rings (SSSR count). The molecule has 0 spiro atoms. The lowest BCUT2D eigenvalue weighted by molar-refractivity contribution is -0.119. The quantitative estimate of drug-likeness (QED) is 0.561. The van der Waals surface area contributed by atoms with Crippen LogP contribution in [0.4, 0.5) is 11.4 Å². The van der Waals surface area contributed by atoms with Crippen LogP contribution in [0.1, 0.15) is 30.0 Å². The molecule has 0 radical (unpaired) electrons. The van der Waals surface area contributed by atoms with E-state index in [4.69, 9.17) is 4.74 Å². The molecular weight excluding hydrogens is 422 g/mol. The van der Waals surface area contributed by atoms with Gasteiger partial charge in [-0.25, -0.2) is 0 Å². The Hall–Kier alpha value is -3.31. The van der Waals surface area contributed by atoms with Crippen molar-refractivity contribution in [2.45, 2.75) is 25.2 Å². The van der Waals surface area contributed by atoms with Gasteiger partial charge in [0, 0.05) is 37.6 Å². The number of rotatable bonds is 7. The van der Waals surface area contributed by atoms with Crippen LogP contribution >= 0.6 is 0 Å². The monoisotopic (exact) mass is 455 g/mol. The third-order valence-corrected chi connectivity index (χ3v) is 7.47. The summed E-state index contributed by atoms with van der Waals surface area (Å²) in [5, 5.41) is 3.21. The number of ether oxygens (including phenoxy) is 1. The first-order valence-electron chi connectivity index (χ1n) is 12.3. The molecule has 5 heteroatoms. The molecule has 2 aliphatic heterocycles. The zero-order chi connectivity index (χ0) is 23.5. The van der Waals surface area contributed by atoms with Crippen molar-refractivity contribution in [3.8, 4) is 5.75 Å². The number of fused-ring (bicyclic) bond motifs is 1. The number of nitrogens with zero attached hydrogens (tertiary/aromatic N) is 2. The van der Waals surface area contributed by atoms with Crippen molar-refractivity contribution in [1.29, 1.82) is 0 Å². The summed E-state index contributed by atoms with van der Waals surface area (Å²) >= 11 is 0. The van der Waals surface area contributed by atoms with Gasteiger partial charge in [0.05, 0.1) is 7.11 Å². The Labute approximate surface area is 202 Å². The number of anilines is 2. The Morgan fingerprint density at radius 3 is 2.35 bits per heavy atom. The van der Waals surface area contributed by atoms with Gasteiger partial charge in [-0.2, -0.15) is 0 Å². The van der Waals surface area contributed by atoms with Crippen molar-refractivity contribution in [1.82, 2.24) is 4.90 Å². The molecule has 1 N–H and O–H groups in total. The minimum atomic E-state index is -0.643. The summed E-state index contributed by atoms with van der Waals surface area (Å²) in [6.45, 7) is 6.96. The standard InChI is InChI=1S/C29H33N3O2/c1-3-22-9-14-26-27(21-22)30-28(33)29(26,23-7-5-4-6-8-23)15-16-31-17-19-32(20-18-31)24-10-12-25(34-2)13-11-24/h4-14,21H,3,15-20H2,1-2H3,(H,30,33). The fraction of sp³-hybridized carbons (Fsp3) is 0.345. The lowest BCUT2D eigenvalue weighted by Crippen LogP contribution is -2.48. The molecule has 3 aromatic carbocycles. The van der Waals surface area contributed by atoms with Gasteiger partial charge in [0.25, 0.3) is 0 Å². The number of hydrogen-bond donors (Lipinski definition) is 1. The normalized spacial score (nSPS) is 20.2. The second-order valence-corrected chi connectivity index (χ2v) is 9.24. The van der Waals surface area contributed by atoms with Crippen molar-refractivity contribution in [3.63, 3.8) is 0 Å². The molecule has 2 aliphatic rings. The van der Waals surface area contributed by atoms with Crippen molar-refractivity contribution < 1.29 is 9.53 Å². The lowest BCUT2D eigenvalue weighted by atomic mass is 9.72. The zero-order valence-electron chi connectivity index (χ0n) is 20.1. The fourth-order valence-electron chi connectivity index (χ4n) is 5.39. The van der Waals surface area contributed by atoms with Gasteiger partial charge in [0.2, 0.25) is 5.91 Å². The number of aryl methyl sites for hydroxylation is 1. The van der Waals surface area contributed by atoms with Gasteiger partial charge in [0.1, 0.15) is 11.2 Å². The van der Waals surface area contributed by atoms with Crippen molar-refractivity contribution in [3.05, 3.63) is 89.5 Å². The number of carbonyl (C=O) groups is 1. The smallest absolute Gasteiger partial charge is 0.239 e. The second kappa shape index (κ2) is 9.51. The van der Waals surface area contributed by atoms with Gasteiger partial charge < -0.3 is 15.0 Å². The molecule has 1 amide bonds. The Kier molecular flexibility index (Phi) is 6.29. The summed E-state index contributed by atoms with van der Waals surface area (Å²) in [4.78, 5) is 18.5. The molecule has 3 aromatic rings. The summed E-state index contributed by atoms with van der Waals surface area (Å²) in [7, 11) is 1.70. The van der Waals surface area contributed by atoms with Crippen LogP contribution in [0.3, 0.4) is 0 Å². The minimum Gasteiger partial charge on any atom is -0.497 e. The first kappa shape index (κ1) is 22.5. The van der Waals surface area contributed by atoms with E-state index in [0.717, 1.165) is 68.1 Å². The first-order chi connectivity index (χ1) is 16.6. The third kappa shape index (κ3) is 4.05. The molecule has 176 valence electrons. The third-order valence-electron chi connectivity index (χ3n) is 7.47. The van der Waals surface area contributed by atoms with Gasteiger partial charge >= 0.3 is 0 Å². The Bertz CT molecular complexity index is 1140. The van der Waals surface area contributed by atoms with Crippen molar-refractivity contribution in [2.75, 3.05) is 50.1 Å². The number of carbonyl (C=O) groups excluding carboxylic acids is 1. The molecule has 1 fully saturated rings. The van der Waals surface area contributed by atoms with Crippen molar-refractivity contribution >= 4 is 17.3 Å². The highest BCUT2D eigenvalue weighted by atomic mass is 16.5. The highest BCUT2D eigenvalue weighted by Crippen LogP contribution is 2.45. The Morgan fingerprint density at radius 2 is 1.68 bits per heavy atom. The summed E-state index contributed by atoms with van der Waals surface area (Å²) in [5.41, 5.74) is 4.99. The highest BCUT2D eigenvalue weighted by Gasteiger charge is 2.48. The molecule has 1 atom stereocenters. The van der Waals surface area contributed by atoms with Crippen LogP contribution in [0.2, 0.25) is 0 Å². The molecular formula is C29H33N3O2. The van der Waals surface area contributed by atoms with Gasteiger partial charge in [-0.05, 0) is 66.4 Å². The molecule has 34 heavy (non-hydrogen) atoms. The first-order valence-corrected chi connectivity index (χ1v) is 12.3. The second-order valence-electron chi connectivity index (χ2n) is 9.24. The van der Waals surface area contributed by atoms with Crippen LogP contribution in [0.25, 0.3) is 0 Å². The van der Waals surface area contributed by atoms with E-state index in [9.17, 15) is 4.79 Å². The average molecular weight is 456 g/mol. The minimum absolute atomic E-state index is 0.0961. The maximum atomic E-state index is 13.6. The molecule has 0 aliphatic carbocycles. The summed E-state index contributed by atoms with van der Waals surface area (Å²) in [5.74, 6) is 0.980. The Balaban J connectivity index is 1.33. The number of amides is 1. The van der Waals surface area contributed by atoms with Crippen LogP contribution < -0.4 is 15.0 Å². The molecule has 5 nitrogen and oxygen atoms in total. The molecule has 0 bridgehead atoms. The summed E-state index contributed by atoms with van der Waals surface area (Å²) < 4.78 is 5.29. The number of nitrogens with one attached hydrogen (secondary N) is 1. The fourth-order valence-corrected chi connectivity index (χ4v) is 5.39. The van der Waals surface area contributed by atoms with Gasteiger partial charge in [-0.3, -0.25) is 9.69 Å². The average Bonchev–Trinajstić information content (AvgIpc) is 3.19. The highest BCUT2D eigenvalue weighted by molar-refractivity contribution is 6.08. The van der Waals surface area contributed by atoms with Crippen LogP contribution in [-0.4, -0.2) is 50.6 Å².